The summed E-state index contributed by atoms with van der Waals surface area (Å²) in [5.41, 5.74) is -0.364. The van der Waals surface area contributed by atoms with Crippen LogP contribution in [0.5, 0.6) is 5.88 Å². The molecule has 9 heteroatoms. The highest BCUT2D eigenvalue weighted by Crippen LogP contribution is 2.38. The van der Waals surface area contributed by atoms with Crippen molar-refractivity contribution in [2.24, 2.45) is 5.92 Å². The molecular weight excluding hydrogens is 340 g/mol. The lowest BCUT2D eigenvalue weighted by atomic mass is 9.75. The van der Waals surface area contributed by atoms with E-state index in [1.54, 1.807) is 12.3 Å². The first kappa shape index (κ1) is 17.9. The summed E-state index contributed by atoms with van der Waals surface area (Å²) in [6.45, 7) is -0.217. The van der Waals surface area contributed by atoms with Gasteiger partial charge in [-0.05, 0) is 24.3 Å². The number of H-pyrrole nitrogens is 1. The second kappa shape index (κ2) is 7.52. The molecule has 3 rings (SSSR count). The number of hydrogen-bond donors (Lipinski definition) is 3. The number of aromatic amines is 1. The minimum Gasteiger partial charge on any atom is -0.481 e. The van der Waals surface area contributed by atoms with Gasteiger partial charge < -0.3 is 15.2 Å². The predicted molar refractivity (Wildman–Crippen MR) is 91.7 cm³/mol. The van der Waals surface area contributed by atoms with Gasteiger partial charge in [-0.3, -0.25) is 19.1 Å². The van der Waals surface area contributed by atoms with Crippen molar-refractivity contribution >= 4 is 5.91 Å². The third-order valence-corrected chi connectivity index (χ3v) is 4.48. The molecule has 1 saturated carbocycles. The molecule has 0 radical (unpaired) electrons. The number of methoxy groups -OCH3 is 1. The van der Waals surface area contributed by atoms with Gasteiger partial charge in [-0.25, -0.2) is 9.78 Å². The number of rotatable bonds is 6. The highest BCUT2D eigenvalue weighted by Gasteiger charge is 2.35. The summed E-state index contributed by atoms with van der Waals surface area (Å²) in [7, 11) is 1.52. The lowest BCUT2D eigenvalue weighted by Crippen LogP contribution is -2.43. The molecule has 0 saturated heterocycles. The fourth-order valence-electron chi connectivity index (χ4n) is 3.01. The standard InChI is InChI=1S/C17H20N4O5/c1-26-15-3-2-10(8-18-15)16(11-6-12(22)7-11)19-14(24)9-21-5-4-13(23)20-17(21)25/h2-5,8,11-12,16,22H,6-7,9H2,1H3,(H,19,24)(H,20,23,25). The lowest BCUT2D eigenvalue weighted by Gasteiger charge is -2.38. The SMILES string of the molecule is COc1ccc(C(NC(=O)Cn2ccc(=O)[nH]c2=O)C2CC(O)C2)cn1. The van der Waals surface area contributed by atoms with Gasteiger partial charge >= 0.3 is 5.69 Å². The molecule has 3 N–H and O–H groups in total. The molecule has 2 aromatic heterocycles. The van der Waals surface area contributed by atoms with Gasteiger partial charge in [0.1, 0.15) is 6.54 Å². The van der Waals surface area contributed by atoms with E-state index >= 15 is 0 Å². The Balaban J connectivity index is 1.75. The van der Waals surface area contributed by atoms with Gasteiger partial charge in [0, 0.05) is 24.5 Å². The molecule has 0 spiro atoms. The molecule has 0 aliphatic heterocycles. The zero-order valence-electron chi connectivity index (χ0n) is 14.2. The number of carbonyl (C=O) groups is 1. The minimum atomic E-state index is -0.644. The number of aliphatic hydroxyl groups is 1. The van der Waals surface area contributed by atoms with E-state index in [1.807, 2.05) is 6.07 Å². The number of ether oxygens (including phenoxy) is 1. The Hall–Kier alpha value is -2.94. The van der Waals surface area contributed by atoms with E-state index in [0.29, 0.717) is 18.7 Å². The van der Waals surface area contributed by atoms with E-state index in [-0.39, 0.29) is 30.5 Å². The van der Waals surface area contributed by atoms with E-state index in [4.69, 9.17) is 4.74 Å². The molecule has 1 amide bonds. The summed E-state index contributed by atoms with van der Waals surface area (Å²) in [6.07, 6.45) is 3.69. The molecule has 1 aliphatic rings. The summed E-state index contributed by atoms with van der Waals surface area (Å²) >= 11 is 0. The Bertz CT molecular complexity index is 883. The van der Waals surface area contributed by atoms with Crippen LogP contribution in [0, 0.1) is 5.92 Å². The maximum absolute atomic E-state index is 12.4. The number of amides is 1. The van der Waals surface area contributed by atoms with Crippen molar-refractivity contribution in [1.82, 2.24) is 19.9 Å². The van der Waals surface area contributed by atoms with Crippen LogP contribution in [-0.4, -0.2) is 38.8 Å². The second-order valence-electron chi connectivity index (χ2n) is 6.30. The molecule has 1 fully saturated rings. The number of nitrogens with one attached hydrogen (secondary N) is 2. The molecule has 0 bridgehead atoms. The van der Waals surface area contributed by atoms with E-state index in [0.717, 1.165) is 10.1 Å². The number of aromatic nitrogens is 3. The molecule has 1 atom stereocenters. The van der Waals surface area contributed by atoms with Gasteiger partial charge in [-0.1, -0.05) is 6.07 Å². The number of aliphatic hydroxyl groups excluding tert-OH is 1. The monoisotopic (exact) mass is 360 g/mol. The summed E-state index contributed by atoms with van der Waals surface area (Å²) in [4.78, 5) is 41.5. The quantitative estimate of drug-likeness (QED) is 0.642. The Kier molecular flexibility index (Phi) is 5.17. The van der Waals surface area contributed by atoms with Crippen LogP contribution in [-0.2, 0) is 11.3 Å². The van der Waals surface area contributed by atoms with Crippen LogP contribution < -0.4 is 21.3 Å². The summed E-state index contributed by atoms with van der Waals surface area (Å²) in [6, 6.07) is 4.37. The van der Waals surface area contributed by atoms with Crippen molar-refractivity contribution in [3.05, 3.63) is 57.0 Å². The minimum absolute atomic E-state index is 0.0800. The Morgan fingerprint density at radius 2 is 2.19 bits per heavy atom. The van der Waals surface area contributed by atoms with Crippen molar-refractivity contribution in [3.8, 4) is 5.88 Å². The molecule has 138 valence electrons. The Labute approximate surface area is 148 Å². The van der Waals surface area contributed by atoms with E-state index < -0.39 is 11.2 Å². The number of pyridine rings is 1. The maximum Gasteiger partial charge on any atom is 0.328 e. The van der Waals surface area contributed by atoms with Crippen molar-refractivity contribution in [2.75, 3.05) is 7.11 Å². The van der Waals surface area contributed by atoms with Crippen LogP contribution in [0.2, 0.25) is 0 Å². The van der Waals surface area contributed by atoms with Crippen LogP contribution in [0.15, 0.2) is 40.2 Å². The molecule has 9 nitrogen and oxygen atoms in total. The van der Waals surface area contributed by atoms with Crippen molar-refractivity contribution in [1.29, 1.82) is 0 Å². The predicted octanol–water partition coefficient (Wildman–Crippen LogP) is -0.431. The Morgan fingerprint density at radius 3 is 2.77 bits per heavy atom. The maximum atomic E-state index is 12.4. The summed E-state index contributed by atoms with van der Waals surface area (Å²) < 4.78 is 6.16. The normalized spacial score (nSPS) is 20.1. The molecule has 2 aromatic rings. The topological polar surface area (TPSA) is 126 Å². The fourth-order valence-corrected chi connectivity index (χ4v) is 3.01. The molecule has 26 heavy (non-hydrogen) atoms. The average molecular weight is 360 g/mol. The average Bonchev–Trinajstić information content (AvgIpc) is 2.60. The summed E-state index contributed by atoms with van der Waals surface area (Å²) in [5, 5.41) is 12.5. The van der Waals surface area contributed by atoms with Gasteiger partial charge in [0.2, 0.25) is 11.8 Å². The molecular formula is C17H20N4O5. The van der Waals surface area contributed by atoms with E-state index in [2.05, 4.69) is 15.3 Å². The van der Waals surface area contributed by atoms with Crippen molar-refractivity contribution in [3.63, 3.8) is 0 Å². The molecule has 1 unspecified atom stereocenters. The highest BCUT2D eigenvalue weighted by atomic mass is 16.5. The highest BCUT2D eigenvalue weighted by molar-refractivity contribution is 5.76. The third-order valence-electron chi connectivity index (χ3n) is 4.48. The van der Waals surface area contributed by atoms with Crippen LogP contribution >= 0.6 is 0 Å². The first-order chi connectivity index (χ1) is 12.5. The number of carbonyl (C=O) groups excluding carboxylic acids is 1. The first-order valence-corrected chi connectivity index (χ1v) is 8.23. The Morgan fingerprint density at radius 1 is 1.42 bits per heavy atom. The summed E-state index contributed by atoms with van der Waals surface area (Å²) in [5.74, 6) is 0.171. The lowest BCUT2D eigenvalue weighted by molar-refractivity contribution is -0.123. The van der Waals surface area contributed by atoms with Crippen LogP contribution in [0.4, 0.5) is 0 Å². The van der Waals surface area contributed by atoms with Gasteiger partial charge in [-0.15, -0.1) is 0 Å². The zero-order valence-corrected chi connectivity index (χ0v) is 14.2. The van der Waals surface area contributed by atoms with Crippen molar-refractivity contribution < 1.29 is 14.6 Å². The molecule has 1 aliphatic carbocycles. The van der Waals surface area contributed by atoms with E-state index in [9.17, 15) is 19.5 Å². The van der Waals surface area contributed by atoms with Gasteiger partial charge in [-0.2, -0.15) is 0 Å². The van der Waals surface area contributed by atoms with Gasteiger partial charge in [0.15, 0.2) is 0 Å². The third kappa shape index (κ3) is 3.99. The van der Waals surface area contributed by atoms with Gasteiger partial charge in [0.25, 0.3) is 5.56 Å². The second-order valence-corrected chi connectivity index (χ2v) is 6.30. The molecule has 0 aromatic carbocycles. The van der Waals surface area contributed by atoms with Gasteiger partial charge in [0.05, 0.1) is 19.3 Å². The smallest absolute Gasteiger partial charge is 0.328 e. The first-order valence-electron chi connectivity index (χ1n) is 8.23. The van der Waals surface area contributed by atoms with Crippen LogP contribution in [0.1, 0.15) is 24.4 Å². The van der Waals surface area contributed by atoms with E-state index in [1.165, 1.54) is 19.4 Å². The zero-order chi connectivity index (χ0) is 18.7. The van der Waals surface area contributed by atoms with Crippen LogP contribution in [0.25, 0.3) is 0 Å². The number of hydrogen-bond acceptors (Lipinski definition) is 6. The fraction of sp³-hybridized carbons (Fsp3) is 0.412. The largest absolute Gasteiger partial charge is 0.481 e. The van der Waals surface area contributed by atoms with Crippen LogP contribution in [0.3, 0.4) is 0 Å². The molecule has 2 heterocycles. The number of nitrogens with zero attached hydrogens (tertiary/aromatic N) is 2. The van der Waals surface area contributed by atoms with Crippen molar-refractivity contribution in [2.45, 2.75) is 31.5 Å².